The summed E-state index contributed by atoms with van der Waals surface area (Å²) in [7, 11) is 0. The van der Waals surface area contributed by atoms with E-state index in [1.54, 1.807) is 0 Å². The Hall–Kier alpha value is -0.870. The second-order valence-corrected chi connectivity index (χ2v) is 11.9. The summed E-state index contributed by atoms with van der Waals surface area (Å²) in [4.78, 5) is 12.3. The molecule has 0 fully saturated rings. The Labute approximate surface area is 244 Å². The Morgan fingerprint density at radius 3 is 1.49 bits per heavy atom. The summed E-state index contributed by atoms with van der Waals surface area (Å²) in [5.74, 6) is -0.0427. The summed E-state index contributed by atoms with van der Waals surface area (Å²) < 4.78 is 0. The maximum absolute atomic E-state index is 12.3. The normalized spacial score (nSPS) is 13.2. The van der Waals surface area contributed by atoms with Crippen LogP contribution < -0.4 is 5.32 Å². The van der Waals surface area contributed by atoms with Gasteiger partial charge in [0.05, 0.1) is 18.8 Å². The lowest BCUT2D eigenvalue weighted by molar-refractivity contribution is -0.123. The van der Waals surface area contributed by atoms with Crippen LogP contribution in [0.2, 0.25) is 0 Å². The predicted molar refractivity (Wildman–Crippen MR) is 170 cm³/mol. The molecule has 0 spiro atoms. The smallest absolute Gasteiger partial charge is 0.220 e. The molecule has 4 heteroatoms. The van der Waals surface area contributed by atoms with E-state index < -0.39 is 12.1 Å². The highest BCUT2D eigenvalue weighted by Crippen LogP contribution is 2.15. The van der Waals surface area contributed by atoms with Gasteiger partial charge in [-0.2, -0.15) is 0 Å². The quantitative estimate of drug-likeness (QED) is 0.0593. The minimum Gasteiger partial charge on any atom is -0.394 e. The van der Waals surface area contributed by atoms with Gasteiger partial charge in [0.2, 0.25) is 5.91 Å². The van der Waals surface area contributed by atoms with E-state index in [1.165, 1.54) is 135 Å². The number of rotatable bonds is 31. The number of hydrogen-bond acceptors (Lipinski definition) is 3. The molecule has 0 radical (unpaired) electrons. The van der Waals surface area contributed by atoms with Crippen molar-refractivity contribution in [1.29, 1.82) is 0 Å². The lowest BCUT2D eigenvalue weighted by Crippen LogP contribution is -2.45. The van der Waals surface area contributed by atoms with Crippen LogP contribution in [0.1, 0.15) is 187 Å². The van der Waals surface area contributed by atoms with Gasteiger partial charge in [-0.3, -0.25) is 4.79 Å². The van der Waals surface area contributed by atoms with Crippen molar-refractivity contribution in [3.05, 3.63) is 12.2 Å². The Morgan fingerprint density at radius 2 is 1.00 bits per heavy atom. The lowest BCUT2D eigenvalue weighted by atomic mass is 10.0. The van der Waals surface area contributed by atoms with Crippen LogP contribution in [0, 0.1) is 0 Å². The second kappa shape index (κ2) is 31.7. The van der Waals surface area contributed by atoms with E-state index in [-0.39, 0.29) is 12.5 Å². The Morgan fingerprint density at radius 1 is 0.590 bits per heavy atom. The molecule has 3 N–H and O–H groups in total. The maximum atomic E-state index is 12.3. The average Bonchev–Trinajstić information content (AvgIpc) is 2.94. The van der Waals surface area contributed by atoms with Crippen molar-refractivity contribution in [3.8, 4) is 0 Å². The maximum Gasteiger partial charge on any atom is 0.220 e. The molecule has 4 nitrogen and oxygen atoms in total. The van der Waals surface area contributed by atoms with Crippen molar-refractivity contribution < 1.29 is 15.0 Å². The molecule has 2 unspecified atom stereocenters. The van der Waals surface area contributed by atoms with E-state index in [9.17, 15) is 15.0 Å². The summed E-state index contributed by atoms with van der Waals surface area (Å²) in [6.07, 6.45) is 36.9. The molecule has 0 aromatic rings. The minimum atomic E-state index is -0.657. The molecule has 232 valence electrons. The molecule has 39 heavy (non-hydrogen) atoms. The summed E-state index contributed by atoms with van der Waals surface area (Å²) in [5, 5.41) is 23.0. The van der Waals surface area contributed by atoms with Gasteiger partial charge < -0.3 is 15.5 Å². The van der Waals surface area contributed by atoms with Gasteiger partial charge in [-0.05, 0) is 32.1 Å². The van der Waals surface area contributed by atoms with Gasteiger partial charge in [-0.25, -0.2) is 0 Å². The highest BCUT2D eigenvalue weighted by Gasteiger charge is 2.19. The van der Waals surface area contributed by atoms with Crippen molar-refractivity contribution in [2.75, 3.05) is 6.61 Å². The SMILES string of the molecule is CCCC/C=C\CCCCCCCC(=O)NC(CO)C(O)CCCCCCCCCCCCCCCCCC. The number of allylic oxidation sites excluding steroid dienone is 2. The van der Waals surface area contributed by atoms with Crippen LogP contribution in [0.25, 0.3) is 0 Å². The molecule has 0 aromatic carbocycles. The molecule has 0 aliphatic carbocycles. The molecule has 0 aromatic heterocycles. The van der Waals surface area contributed by atoms with Gasteiger partial charge in [0.1, 0.15) is 0 Å². The Balaban J connectivity index is 3.56. The first-order valence-corrected chi connectivity index (χ1v) is 17.4. The number of aliphatic hydroxyl groups excluding tert-OH is 2. The van der Waals surface area contributed by atoms with Crippen LogP contribution in [0.5, 0.6) is 0 Å². The predicted octanol–water partition coefficient (Wildman–Crippen LogP) is 9.95. The fourth-order valence-electron chi connectivity index (χ4n) is 5.28. The number of carbonyl (C=O) groups is 1. The first-order chi connectivity index (χ1) is 19.2. The lowest BCUT2D eigenvalue weighted by Gasteiger charge is -2.22. The average molecular weight is 552 g/mol. The zero-order valence-electron chi connectivity index (χ0n) is 26.4. The van der Waals surface area contributed by atoms with Crippen LogP contribution in [-0.4, -0.2) is 34.9 Å². The summed E-state index contributed by atoms with van der Waals surface area (Å²) in [6, 6.07) is -0.534. The summed E-state index contributed by atoms with van der Waals surface area (Å²) in [5.41, 5.74) is 0. The van der Waals surface area contributed by atoms with Crippen molar-refractivity contribution in [2.24, 2.45) is 0 Å². The molecular formula is C35H69NO3. The van der Waals surface area contributed by atoms with Gasteiger partial charge in [0.15, 0.2) is 0 Å². The summed E-state index contributed by atoms with van der Waals surface area (Å²) >= 11 is 0. The highest BCUT2D eigenvalue weighted by molar-refractivity contribution is 5.76. The number of unbranched alkanes of at least 4 members (excludes halogenated alkanes) is 22. The van der Waals surface area contributed by atoms with Gasteiger partial charge in [-0.1, -0.05) is 161 Å². The molecule has 0 bridgehead atoms. The van der Waals surface area contributed by atoms with E-state index >= 15 is 0 Å². The van der Waals surface area contributed by atoms with Crippen molar-refractivity contribution in [3.63, 3.8) is 0 Å². The third kappa shape index (κ3) is 28.5. The molecule has 0 saturated heterocycles. The monoisotopic (exact) mass is 552 g/mol. The fourth-order valence-corrected chi connectivity index (χ4v) is 5.28. The van der Waals surface area contributed by atoms with E-state index in [4.69, 9.17) is 0 Å². The van der Waals surface area contributed by atoms with Crippen molar-refractivity contribution in [2.45, 2.75) is 199 Å². The molecule has 0 aliphatic rings. The third-order valence-corrected chi connectivity index (χ3v) is 8.03. The first-order valence-electron chi connectivity index (χ1n) is 17.4. The van der Waals surface area contributed by atoms with Gasteiger partial charge in [0, 0.05) is 6.42 Å². The van der Waals surface area contributed by atoms with Gasteiger partial charge in [0.25, 0.3) is 0 Å². The number of carbonyl (C=O) groups excluding carboxylic acids is 1. The van der Waals surface area contributed by atoms with Gasteiger partial charge >= 0.3 is 0 Å². The summed E-state index contributed by atoms with van der Waals surface area (Å²) in [6.45, 7) is 4.31. The number of nitrogens with one attached hydrogen (secondary N) is 1. The van der Waals surface area contributed by atoms with Crippen LogP contribution in [0.4, 0.5) is 0 Å². The first kappa shape index (κ1) is 38.1. The van der Waals surface area contributed by atoms with E-state index in [2.05, 4.69) is 31.3 Å². The highest BCUT2D eigenvalue weighted by atomic mass is 16.3. The second-order valence-electron chi connectivity index (χ2n) is 11.9. The standard InChI is InChI=1S/C35H69NO3/c1-3-5-7-9-11-13-15-16-17-18-19-21-22-24-26-28-30-34(38)33(32-37)36-35(39)31-29-27-25-23-20-14-12-10-8-6-4-2/h10,12,33-34,37-38H,3-9,11,13-32H2,1-2H3,(H,36,39)/b12-10-. The molecule has 2 atom stereocenters. The van der Waals surface area contributed by atoms with Crippen molar-refractivity contribution >= 4 is 5.91 Å². The van der Waals surface area contributed by atoms with Crippen LogP contribution in [0.3, 0.4) is 0 Å². The zero-order valence-corrected chi connectivity index (χ0v) is 26.4. The topological polar surface area (TPSA) is 69.6 Å². The van der Waals surface area contributed by atoms with E-state index in [1.807, 2.05) is 0 Å². The number of hydrogen-bond donors (Lipinski definition) is 3. The largest absolute Gasteiger partial charge is 0.394 e. The van der Waals surface area contributed by atoms with E-state index in [0.29, 0.717) is 12.8 Å². The Kier molecular flexibility index (Phi) is 30.9. The minimum absolute atomic E-state index is 0.0427. The third-order valence-electron chi connectivity index (χ3n) is 8.03. The van der Waals surface area contributed by atoms with Gasteiger partial charge in [-0.15, -0.1) is 0 Å². The van der Waals surface area contributed by atoms with Crippen molar-refractivity contribution in [1.82, 2.24) is 5.32 Å². The van der Waals surface area contributed by atoms with Crippen LogP contribution in [0.15, 0.2) is 12.2 Å². The number of amides is 1. The molecular weight excluding hydrogens is 482 g/mol. The van der Waals surface area contributed by atoms with Crippen LogP contribution >= 0.6 is 0 Å². The fraction of sp³-hybridized carbons (Fsp3) is 0.914. The molecule has 0 heterocycles. The van der Waals surface area contributed by atoms with E-state index in [0.717, 1.165) is 25.7 Å². The Bertz CT molecular complexity index is 522. The molecule has 0 aliphatic heterocycles. The molecule has 0 rings (SSSR count). The number of aliphatic hydroxyl groups is 2. The molecule has 1 amide bonds. The molecule has 0 saturated carbocycles. The van der Waals surface area contributed by atoms with Crippen LogP contribution in [-0.2, 0) is 4.79 Å². The zero-order chi connectivity index (χ0) is 28.7.